The first-order chi connectivity index (χ1) is 12.4. The molecule has 2 rings (SSSR count). The second-order valence-electron chi connectivity index (χ2n) is 7.10. The maximum atomic E-state index is 12.2. The highest BCUT2D eigenvalue weighted by molar-refractivity contribution is 5.94. The van der Waals surface area contributed by atoms with Crippen LogP contribution in [0.3, 0.4) is 0 Å². The van der Waals surface area contributed by atoms with Gasteiger partial charge in [-0.15, -0.1) is 13.2 Å². The number of hydrogen-bond acceptors (Lipinski definition) is 3. The molecule has 0 heterocycles. The minimum absolute atomic E-state index is 0.0174. The van der Waals surface area contributed by atoms with E-state index in [2.05, 4.69) is 30.8 Å². The number of nitrogens with one attached hydrogen (secondary N) is 1. The van der Waals surface area contributed by atoms with Crippen LogP contribution in [0.25, 0.3) is 0 Å². The lowest BCUT2D eigenvalue weighted by molar-refractivity contribution is -0.274. The number of benzene rings is 2. The van der Waals surface area contributed by atoms with Crippen molar-refractivity contribution in [2.45, 2.75) is 45.6 Å². The molecule has 0 radical (unpaired) electrons. The van der Waals surface area contributed by atoms with Crippen LogP contribution in [0.4, 0.5) is 18.9 Å². The molecule has 0 spiro atoms. The van der Waals surface area contributed by atoms with Gasteiger partial charge in [-0.1, -0.05) is 32.9 Å². The number of ether oxygens (including phenoxy) is 2. The van der Waals surface area contributed by atoms with Gasteiger partial charge in [-0.25, -0.2) is 0 Å². The zero-order valence-electron chi connectivity index (χ0n) is 15.6. The summed E-state index contributed by atoms with van der Waals surface area (Å²) in [5.41, 5.74) is 1.50. The van der Waals surface area contributed by atoms with Crippen molar-refractivity contribution < 1.29 is 27.4 Å². The number of carbonyl (C=O) groups excluding carboxylic acids is 1. The smallest absolute Gasteiger partial charge is 0.481 e. The standard InChI is InChI=1S/C20H22F3NO3/c1-13(26-16-9-5-14(6-10-16)19(2,3)4)18(25)24-15-7-11-17(12-8-15)27-20(21,22)23/h5-13H,1-4H3,(H,24,25)/t13-/m1/s1. The number of anilines is 1. The van der Waals surface area contributed by atoms with Crippen molar-refractivity contribution in [3.8, 4) is 11.5 Å². The molecule has 0 aliphatic heterocycles. The average molecular weight is 381 g/mol. The van der Waals surface area contributed by atoms with Crippen LogP contribution in [-0.2, 0) is 10.2 Å². The van der Waals surface area contributed by atoms with E-state index in [-0.39, 0.29) is 11.2 Å². The molecular weight excluding hydrogens is 359 g/mol. The van der Waals surface area contributed by atoms with Crippen LogP contribution in [0.15, 0.2) is 48.5 Å². The molecule has 4 nitrogen and oxygen atoms in total. The van der Waals surface area contributed by atoms with Gasteiger partial charge in [-0.2, -0.15) is 0 Å². The van der Waals surface area contributed by atoms with E-state index in [1.807, 2.05) is 12.1 Å². The molecule has 1 N–H and O–H groups in total. The summed E-state index contributed by atoms with van der Waals surface area (Å²) >= 11 is 0. The molecule has 0 saturated carbocycles. The van der Waals surface area contributed by atoms with E-state index >= 15 is 0 Å². The maximum absolute atomic E-state index is 12.2. The van der Waals surface area contributed by atoms with Crippen molar-refractivity contribution in [3.63, 3.8) is 0 Å². The second-order valence-corrected chi connectivity index (χ2v) is 7.10. The van der Waals surface area contributed by atoms with E-state index in [0.717, 1.165) is 17.7 Å². The summed E-state index contributed by atoms with van der Waals surface area (Å²) in [6.07, 6.45) is -5.54. The predicted molar refractivity (Wildman–Crippen MR) is 97.0 cm³/mol. The summed E-state index contributed by atoms with van der Waals surface area (Å²) in [6.45, 7) is 7.89. The lowest BCUT2D eigenvalue weighted by Crippen LogP contribution is -2.30. The first-order valence-corrected chi connectivity index (χ1v) is 8.38. The molecule has 146 valence electrons. The molecule has 0 aromatic heterocycles. The lowest BCUT2D eigenvalue weighted by atomic mass is 9.87. The van der Waals surface area contributed by atoms with Crippen molar-refractivity contribution in [1.29, 1.82) is 0 Å². The number of alkyl halides is 3. The van der Waals surface area contributed by atoms with Crippen LogP contribution in [0, 0.1) is 0 Å². The van der Waals surface area contributed by atoms with Crippen LogP contribution >= 0.6 is 0 Å². The Balaban J connectivity index is 1.93. The average Bonchev–Trinajstić information content (AvgIpc) is 2.55. The minimum Gasteiger partial charge on any atom is -0.481 e. The van der Waals surface area contributed by atoms with E-state index in [4.69, 9.17) is 4.74 Å². The molecule has 0 fully saturated rings. The van der Waals surface area contributed by atoms with Gasteiger partial charge in [0.05, 0.1) is 0 Å². The molecule has 7 heteroatoms. The Kier molecular flexibility index (Phi) is 6.03. The van der Waals surface area contributed by atoms with E-state index in [1.165, 1.54) is 12.1 Å². The Hall–Kier alpha value is -2.70. The zero-order valence-corrected chi connectivity index (χ0v) is 15.6. The summed E-state index contributed by atoms with van der Waals surface area (Å²) in [6, 6.07) is 12.4. The number of hydrogen-bond donors (Lipinski definition) is 1. The molecule has 0 aliphatic rings. The summed E-state index contributed by atoms with van der Waals surface area (Å²) in [4.78, 5) is 12.2. The highest BCUT2D eigenvalue weighted by Gasteiger charge is 2.31. The second kappa shape index (κ2) is 7.90. The first kappa shape index (κ1) is 20.6. The number of carbonyl (C=O) groups is 1. The van der Waals surface area contributed by atoms with Crippen LogP contribution < -0.4 is 14.8 Å². The molecule has 1 amide bonds. The Bertz CT molecular complexity index is 763. The largest absolute Gasteiger partial charge is 0.573 e. The van der Waals surface area contributed by atoms with Gasteiger partial charge in [-0.05, 0) is 54.3 Å². The summed E-state index contributed by atoms with van der Waals surface area (Å²) in [5, 5.41) is 2.59. The third-order valence-electron chi connectivity index (χ3n) is 3.76. The van der Waals surface area contributed by atoms with Gasteiger partial charge in [0.15, 0.2) is 6.10 Å². The molecule has 0 bridgehead atoms. The van der Waals surface area contributed by atoms with Crippen LogP contribution in [-0.4, -0.2) is 18.4 Å². The zero-order chi connectivity index (χ0) is 20.2. The summed E-state index contributed by atoms with van der Waals surface area (Å²) in [7, 11) is 0. The lowest BCUT2D eigenvalue weighted by Gasteiger charge is -2.20. The van der Waals surface area contributed by atoms with Crippen LogP contribution in [0.5, 0.6) is 11.5 Å². The van der Waals surface area contributed by atoms with Gasteiger partial charge in [0.2, 0.25) is 0 Å². The highest BCUT2D eigenvalue weighted by atomic mass is 19.4. The Morgan fingerprint density at radius 1 is 0.926 bits per heavy atom. The number of amides is 1. The Morgan fingerprint density at radius 2 is 1.44 bits per heavy atom. The molecule has 27 heavy (non-hydrogen) atoms. The Morgan fingerprint density at radius 3 is 1.93 bits per heavy atom. The van der Waals surface area contributed by atoms with Crippen molar-refractivity contribution >= 4 is 11.6 Å². The monoisotopic (exact) mass is 381 g/mol. The quantitative estimate of drug-likeness (QED) is 0.766. The fraction of sp³-hybridized carbons (Fsp3) is 0.350. The van der Waals surface area contributed by atoms with Crippen LogP contribution in [0.2, 0.25) is 0 Å². The summed E-state index contributed by atoms with van der Waals surface area (Å²) in [5.74, 6) is -0.220. The van der Waals surface area contributed by atoms with E-state index in [9.17, 15) is 18.0 Å². The maximum Gasteiger partial charge on any atom is 0.573 e. The van der Waals surface area contributed by atoms with Crippen LogP contribution in [0.1, 0.15) is 33.3 Å². The SMILES string of the molecule is C[C@@H](Oc1ccc(C(C)(C)C)cc1)C(=O)Nc1ccc(OC(F)(F)F)cc1. The van der Waals surface area contributed by atoms with E-state index in [0.29, 0.717) is 11.4 Å². The summed E-state index contributed by atoms with van der Waals surface area (Å²) < 4.78 is 45.8. The normalized spacial score (nSPS) is 13.0. The van der Waals surface area contributed by atoms with Crippen molar-refractivity contribution in [2.75, 3.05) is 5.32 Å². The van der Waals surface area contributed by atoms with Gasteiger partial charge in [-0.3, -0.25) is 4.79 Å². The van der Waals surface area contributed by atoms with Gasteiger partial charge < -0.3 is 14.8 Å². The molecule has 0 unspecified atom stereocenters. The molecule has 0 saturated heterocycles. The Labute approximate surface area is 156 Å². The number of rotatable bonds is 5. The molecule has 0 aliphatic carbocycles. The predicted octanol–water partition coefficient (Wildman–Crippen LogP) is 5.29. The molecule has 2 aromatic carbocycles. The minimum atomic E-state index is -4.75. The topological polar surface area (TPSA) is 47.6 Å². The molecule has 2 aromatic rings. The molecule has 1 atom stereocenters. The van der Waals surface area contributed by atoms with Crippen molar-refractivity contribution in [3.05, 3.63) is 54.1 Å². The highest BCUT2D eigenvalue weighted by Crippen LogP contribution is 2.26. The number of halogens is 3. The van der Waals surface area contributed by atoms with E-state index in [1.54, 1.807) is 19.1 Å². The first-order valence-electron chi connectivity index (χ1n) is 8.38. The third kappa shape index (κ3) is 6.51. The van der Waals surface area contributed by atoms with E-state index < -0.39 is 18.4 Å². The van der Waals surface area contributed by atoms with Crippen molar-refractivity contribution in [1.82, 2.24) is 0 Å². The van der Waals surface area contributed by atoms with Gasteiger partial charge in [0, 0.05) is 5.69 Å². The fourth-order valence-electron chi connectivity index (χ4n) is 2.27. The third-order valence-corrected chi connectivity index (χ3v) is 3.76. The van der Waals surface area contributed by atoms with Crippen molar-refractivity contribution in [2.24, 2.45) is 0 Å². The van der Waals surface area contributed by atoms with Gasteiger partial charge in [0.25, 0.3) is 5.91 Å². The molecular formula is C20H22F3NO3. The fourth-order valence-corrected chi connectivity index (χ4v) is 2.27. The van der Waals surface area contributed by atoms with Gasteiger partial charge in [0.1, 0.15) is 11.5 Å². The van der Waals surface area contributed by atoms with Gasteiger partial charge >= 0.3 is 6.36 Å².